The molecule has 0 spiro atoms. The van der Waals surface area contributed by atoms with Gasteiger partial charge in [0.1, 0.15) is 11.0 Å². The first-order valence-electron chi connectivity index (χ1n) is 11.5. The monoisotopic (exact) mass is 459 g/mol. The zero-order valence-corrected chi connectivity index (χ0v) is 20.9. The molecule has 0 fully saturated rings. The number of nitrogens with one attached hydrogen (secondary N) is 1. The molecule has 1 aromatic heterocycles. The van der Waals surface area contributed by atoms with Crippen LogP contribution in [0.3, 0.4) is 0 Å². The third-order valence-corrected chi connectivity index (χ3v) is 7.27. The van der Waals surface area contributed by atoms with Crippen LogP contribution in [0.15, 0.2) is 77.6 Å². The van der Waals surface area contributed by atoms with Crippen molar-refractivity contribution >= 4 is 11.0 Å². The van der Waals surface area contributed by atoms with E-state index in [2.05, 4.69) is 77.9 Å². The van der Waals surface area contributed by atoms with Gasteiger partial charge in [-0.3, -0.25) is 4.98 Å². The van der Waals surface area contributed by atoms with Gasteiger partial charge in [-0.25, -0.2) is 4.21 Å². The van der Waals surface area contributed by atoms with Crippen LogP contribution < -0.4 is 4.72 Å². The Morgan fingerprint density at radius 1 is 1.06 bits per heavy atom. The molecule has 1 heterocycles. The highest BCUT2D eigenvalue weighted by atomic mass is 32.2. The van der Waals surface area contributed by atoms with Crippen LogP contribution in [-0.2, 0) is 24.0 Å². The van der Waals surface area contributed by atoms with Gasteiger partial charge in [-0.15, -0.1) is 0 Å². The number of benzene rings is 2. The number of allylic oxidation sites excluding steroid dienone is 2. The summed E-state index contributed by atoms with van der Waals surface area (Å²) in [7, 11) is 2.81. The van der Waals surface area contributed by atoms with E-state index >= 15 is 0 Å². The Hall–Kier alpha value is -2.76. The molecule has 0 bridgehead atoms. The Morgan fingerprint density at radius 3 is 2.39 bits per heavy atom. The van der Waals surface area contributed by atoms with Crippen LogP contribution in [0.25, 0.3) is 11.1 Å². The van der Waals surface area contributed by atoms with Gasteiger partial charge in [-0.05, 0) is 77.7 Å². The van der Waals surface area contributed by atoms with Crippen molar-refractivity contribution in [2.24, 2.45) is 0 Å². The summed E-state index contributed by atoms with van der Waals surface area (Å²) in [6, 6.07) is 16.8. The molecule has 0 saturated carbocycles. The summed E-state index contributed by atoms with van der Waals surface area (Å²) in [5.74, 6) is 0.650. The molecule has 0 amide bonds. The molecule has 5 heteroatoms. The van der Waals surface area contributed by atoms with Gasteiger partial charge in [0.05, 0.1) is 4.90 Å². The lowest BCUT2D eigenvalue weighted by Crippen LogP contribution is -2.23. The van der Waals surface area contributed by atoms with Gasteiger partial charge in [0, 0.05) is 37.0 Å². The molecule has 1 N–H and O–H groups in total. The van der Waals surface area contributed by atoms with Gasteiger partial charge >= 0.3 is 0 Å². The van der Waals surface area contributed by atoms with E-state index < -0.39 is 11.0 Å². The van der Waals surface area contributed by atoms with Crippen molar-refractivity contribution in [3.05, 3.63) is 95.0 Å². The average molecular weight is 460 g/mol. The van der Waals surface area contributed by atoms with E-state index in [0.29, 0.717) is 5.92 Å². The summed E-state index contributed by atoms with van der Waals surface area (Å²) in [4.78, 5) is 7.09. The number of hydrogen-bond donors (Lipinski definition) is 1. The summed E-state index contributed by atoms with van der Waals surface area (Å²) in [6.45, 7) is 7.59. The topological polar surface area (TPSA) is 45.2 Å². The minimum absolute atomic E-state index is 0.245. The van der Waals surface area contributed by atoms with E-state index in [1.807, 2.05) is 38.6 Å². The van der Waals surface area contributed by atoms with Crippen LogP contribution in [0.4, 0.5) is 0 Å². The highest BCUT2D eigenvalue weighted by Gasteiger charge is 2.23. The zero-order chi connectivity index (χ0) is 23.5. The van der Waals surface area contributed by atoms with Gasteiger partial charge < -0.3 is 9.62 Å². The molecular weight excluding hydrogens is 426 g/mol. The van der Waals surface area contributed by atoms with Gasteiger partial charge in [-0.2, -0.15) is 0 Å². The van der Waals surface area contributed by atoms with Gasteiger partial charge in [0.25, 0.3) is 0 Å². The predicted octanol–water partition coefficient (Wildman–Crippen LogP) is 5.79. The molecule has 3 aromatic rings. The fourth-order valence-electron chi connectivity index (χ4n) is 4.53. The molecule has 2 unspecified atom stereocenters. The molecule has 1 aliphatic rings. The second-order valence-corrected chi connectivity index (χ2v) is 10.6. The van der Waals surface area contributed by atoms with Crippen molar-refractivity contribution in [3.63, 3.8) is 0 Å². The fourth-order valence-corrected chi connectivity index (χ4v) is 5.41. The molecule has 4 rings (SSSR count). The number of hydrogen-bond acceptors (Lipinski definition) is 3. The smallest absolute Gasteiger partial charge is 0.150 e. The van der Waals surface area contributed by atoms with Crippen molar-refractivity contribution in [1.82, 2.24) is 14.6 Å². The van der Waals surface area contributed by atoms with Gasteiger partial charge in [0.2, 0.25) is 0 Å². The molecule has 4 nitrogen and oxygen atoms in total. The minimum atomic E-state index is -1.28. The summed E-state index contributed by atoms with van der Waals surface area (Å²) >= 11 is 0. The Bertz CT molecular complexity index is 1170. The minimum Gasteiger partial charge on any atom is -0.305 e. The summed E-state index contributed by atoms with van der Waals surface area (Å²) in [5.41, 5.74) is 8.75. The summed E-state index contributed by atoms with van der Waals surface area (Å²) in [6.07, 6.45) is 6.68. The predicted molar refractivity (Wildman–Crippen MR) is 137 cm³/mol. The summed E-state index contributed by atoms with van der Waals surface area (Å²) < 4.78 is 16.4. The molecule has 2 aromatic carbocycles. The normalized spacial score (nSPS) is 16.5. The highest BCUT2D eigenvalue weighted by Crippen LogP contribution is 2.38. The van der Waals surface area contributed by atoms with Crippen molar-refractivity contribution in [1.29, 1.82) is 0 Å². The van der Waals surface area contributed by atoms with Crippen molar-refractivity contribution in [2.45, 2.75) is 50.5 Å². The molecule has 0 radical (unpaired) electrons. The van der Waals surface area contributed by atoms with Crippen molar-refractivity contribution in [3.8, 4) is 11.1 Å². The standard InChI is InChI=1S/C28H33N3OS/c1-19(2)26-15-23(22-10-12-29-13-11-22)16-27-20(3)14-24(17-28(26)27)30-33(32)25-8-6-21(7-9-25)18-31(4)5/h6-16,19-20,30H,17-18H2,1-5H3. The second-order valence-electron chi connectivity index (χ2n) is 9.43. The third kappa shape index (κ3) is 5.43. The first-order valence-corrected chi connectivity index (χ1v) is 12.7. The highest BCUT2D eigenvalue weighted by molar-refractivity contribution is 7.83. The maximum absolute atomic E-state index is 13.1. The lowest BCUT2D eigenvalue weighted by atomic mass is 9.80. The maximum atomic E-state index is 13.1. The van der Waals surface area contributed by atoms with E-state index in [9.17, 15) is 4.21 Å². The second kappa shape index (κ2) is 10.0. The first kappa shape index (κ1) is 23.4. The molecular formula is C28H33N3OS. The molecule has 2 atom stereocenters. The van der Waals surface area contributed by atoms with E-state index in [4.69, 9.17) is 0 Å². The molecule has 0 aliphatic heterocycles. The maximum Gasteiger partial charge on any atom is 0.150 e. The van der Waals surface area contributed by atoms with Crippen LogP contribution in [0.5, 0.6) is 0 Å². The number of fused-ring (bicyclic) bond motifs is 1. The van der Waals surface area contributed by atoms with Gasteiger partial charge in [-0.1, -0.05) is 51.1 Å². The van der Waals surface area contributed by atoms with Crippen LogP contribution in [0, 0.1) is 0 Å². The lowest BCUT2D eigenvalue weighted by Gasteiger charge is -2.27. The van der Waals surface area contributed by atoms with Crippen LogP contribution in [0.2, 0.25) is 0 Å². The van der Waals surface area contributed by atoms with Crippen molar-refractivity contribution in [2.75, 3.05) is 14.1 Å². The number of pyridine rings is 1. The largest absolute Gasteiger partial charge is 0.305 e. The number of nitrogens with zero attached hydrogens (tertiary/aromatic N) is 2. The Morgan fingerprint density at radius 2 is 1.76 bits per heavy atom. The third-order valence-electron chi connectivity index (χ3n) is 6.12. The van der Waals surface area contributed by atoms with E-state index in [0.717, 1.165) is 23.6 Å². The SMILES string of the molecule is CC(C)c1cc(-c2ccncc2)cc2c1CC(NS(=O)c1ccc(CN(C)C)cc1)=CC2C. The average Bonchev–Trinajstić information content (AvgIpc) is 2.79. The van der Waals surface area contributed by atoms with Crippen LogP contribution in [0.1, 0.15) is 54.9 Å². The molecule has 0 saturated heterocycles. The fraction of sp³-hybridized carbons (Fsp3) is 0.321. The molecule has 1 aliphatic carbocycles. The van der Waals surface area contributed by atoms with Crippen LogP contribution >= 0.6 is 0 Å². The van der Waals surface area contributed by atoms with Crippen molar-refractivity contribution < 1.29 is 4.21 Å². The zero-order valence-electron chi connectivity index (χ0n) is 20.1. The molecule has 33 heavy (non-hydrogen) atoms. The Balaban J connectivity index is 1.58. The molecule has 172 valence electrons. The number of rotatable bonds is 7. The number of aromatic nitrogens is 1. The quantitative estimate of drug-likeness (QED) is 0.486. The summed E-state index contributed by atoms with van der Waals surface area (Å²) in [5, 5.41) is 0. The first-order chi connectivity index (χ1) is 15.8. The van der Waals surface area contributed by atoms with Gasteiger partial charge in [0.15, 0.2) is 0 Å². The van der Waals surface area contributed by atoms with E-state index in [-0.39, 0.29) is 5.92 Å². The Labute approximate surface area is 200 Å². The van der Waals surface area contributed by atoms with E-state index in [1.165, 1.54) is 33.4 Å². The van der Waals surface area contributed by atoms with E-state index in [1.54, 1.807) is 0 Å². The van der Waals surface area contributed by atoms with Crippen LogP contribution in [-0.4, -0.2) is 28.2 Å². The lowest BCUT2D eigenvalue weighted by molar-refractivity contribution is 0.402. The Kier molecular flexibility index (Phi) is 7.11.